The lowest BCUT2D eigenvalue weighted by atomic mass is 10.3. The predicted octanol–water partition coefficient (Wildman–Crippen LogP) is 0.697. The number of carbonyl (C=O) groups excluding carboxylic acids is 2. The molecule has 1 unspecified atom stereocenters. The van der Waals surface area contributed by atoms with Gasteiger partial charge in [-0.1, -0.05) is 0 Å². The average molecular weight is 286 g/mol. The molecule has 0 heterocycles. The van der Waals surface area contributed by atoms with Crippen LogP contribution < -0.4 is 0 Å². The maximum Gasteiger partial charge on any atom is 0.384 e. The minimum absolute atomic E-state index is 0.0693. The van der Waals surface area contributed by atoms with Crippen molar-refractivity contribution in [1.29, 1.82) is 0 Å². The summed E-state index contributed by atoms with van der Waals surface area (Å²) in [5.41, 5.74) is 0. The van der Waals surface area contributed by atoms with Crippen LogP contribution in [0.4, 0.5) is 0 Å². The van der Waals surface area contributed by atoms with E-state index in [2.05, 4.69) is 9.47 Å². The number of ether oxygens (including phenoxy) is 2. The topological polar surface area (TPSA) is 110 Å². The summed E-state index contributed by atoms with van der Waals surface area (Å²) in [4.78, 5) is 40.0. The Labute approximate surface area is 103 Å². The molecule has 0 aromatic rings. The van der Waals surface area contributed by atoms with Crippen molar-refractivity contribution in [2.45, 2.75) is 25.5 Å². The van der Waals surface area contributed by atoms with Crippen LogP contribution in [0.2, 0.25) is 0 Å². The smallest absolute Gasteiger partial charge is 0.384 e. The van der Waals surface area contributed by atoms with E-state index in [1.165, 1.54) is 0 Å². The highest BCUT2D eigenvalue weighted by molar-refractivity contribution is 8.55. The molecule has 0 aliphatic carbocycles. The summed E-state index contributed by atoms with van der Waals surface area (Å²) < 4.78 is 20.0. The lowest BCUT2D eigenvalue weighted by Gasteiger charge is -2.14. The fourth-order valence-corrected chi connectivity index (χ4v) is 3.11. The van der Waals surface area contributed by atoms with Crippen LogP contribution in [0.5, 0.6) is 0 Å². The molecule has 0 radical (unpaired) electrons. The third-order valence-corrected chi connectivity index (χ3v) is 3.95. The van der Waals surface area contributed by atoms with Crippen molar-refractivity contribution in [2.75, 3.05) is 13.2 Å². The quantitative estimate of drug-likeness (QED) is 0.519. The first-order valence-electron chi connectivity index (χ1n) is 4.86. The van der Waals surface area contributed by atoms with Crippen LogP contribution in [0.25, 0.3) is 0 Å². The molecule has 0 saturated heterocycles. The summed E-state index contributed by atoms with van der Waals surface area (Å²) in [5.74, 6) is -1.54. The number of carbonyl (C=O) groups is 2. The summed E-state index contributed by atoms with van der Waals surface area (Å²) in [6, 6.07) is 0. The number of hydrogen-bond donors (Lipinski definition) is 2. The van der Waals surface area contributed by atoms with Crippen LogP contribution >= 0.6 is 18.2 Å². The molecule has 0 rings (SSSR count). The molecule has 0 aromatic carbocycles. The summed E-state index contributed by atoms with van der Waals surface area (Å²) in [6.07, 6.45) is -0.428. The van der Waals surface area contributed by atoms with Crippen LogP contribution in [0, 0.1) is 0 Å². The Kier molecular flexibility index (Phi) is 7.45. The molecule has 100 valence electrons. The predicted molar refractivity (Wildman–Crippen MR) is 61.3 cm³/mol. The van der Waals surface area contributed by atoms with Crippen molar-refractivity contribution in [3.8, 4) is 0 Å². The van der Waals surface area contributed by atoms with Crippen molar-refractivity contribution >= 4 is 30.1 Å². The van der Waals surface area contributed by atoms with E-state index >= 15 is 0 Å². The summed E-state index contributed by atoms with van der Waals surface area (Å²) in [6.45, 7) is -1.12. The Bertz CT molecular complexity index is 313. The van der Waals surface area contributed by atoms with Crippen molar-refractivity contribution in [3.63, 3.8) is 0 Å². The first-order chi connectivity index (χ1) is 7.80. The van der Waals surface area contributed by atoms with Gasteiger partial charge in [0.15, 0.2) is 0 Å². The molecular formula is C8H15O7PS. The van der Waals surface area contributed by atoms with Crippen LogP contribution in [0.15, 0.2) is 0 Å². The SMILES string of the molecule is CCOC(=O)CC(SP(=O)(O)O)C(=O)OCC. The van der Waals surface area contributed by atoms with Crippen LogP contribution in [-0.2, 0) is 23.6 Å². The van der Waals surface area contributed by atoms with Gasteiger partial charge in [-0.15, -0.1) is 0 Å². The fourth-order valence-electron chi connectivity index (χ4n) is 0.936. The molecule has 0 spiro atoms. The molecule has 0 amide bonds. The third kappa shape index (κ3) is 8.20. The van der Waals surface area contributed by atoms with E-state index in [0.717, 1.165) is 0 Å². The summed E-state index contributed by atoms with van der Waals surface area (Å²) in [5, 5.41) is -1.25. The van der Waals surface area contributed by atoms with Gasteiger partial charge in [-0.3, -0.25) is 9.59 Å². The van der Waals surface area contributed by atoms with Gasteiger partial charge >= 0.3 is 18.7 Å². The molecule has 0 aliphatic heterocycles. The molecule has 0 aromatic heterocycles. The molecular weight excluding hydrogens is 271 g/mol. The second-order valence-corrected chi connectivity index (χ2v) is 6.67. The molecule has 0 fully saturated rings. The highest BCUT2D eigenvalue weighted by Crippen LogP contribution is 2.53. The maximum absolute atomic E-state index is 11.4. The lowest BCUT2D eigenvalue weighted by molar-refractivity contribution is -0.149. The number of esters is 2. The molecule has 17 heavy (non-hydrogen) atoms. The van der Waals surface area contributed by atoms with Gasteiger partial charge in [-0.2, -0.15) is 0 Å². The zero-order chi connectivity index (χ0) is 13.5. The molecule has 1 atom stereocenters. The van der Waals surface area contributed by atoms with Crippen molar-refractivity contribution < 1.29 is 33.4 Å². The Morgan fingerprint density at radius 1 is 1.24 bits per heavy atom. The van der Waals surface area contributed by atoms with Gasteiger partial charge in [0.05, 0.1) is 19.6 Å². The Morgan fingerprint density at radius 3 is 2.18 bits per heavy atom. The second-order valence-electron chi connectivity index (χ2n) is 2.85. The zero-order valence-electron chi connectivity index (χ0n) is 9.49. The molecule has 2 N–H and O–H groups in total. The Hall–Kier alpha value is -0.560. The van der Waals surface area contributed by atoms with Gasteiger partial charge in [0.1, 0.15) is 5.25 Å². The first kappa shape index (κ1) is 16.4. The van der Waals surface area contributed by atoms with Gasteiger partial charge < -0.3 is 19.3 Å². The van der Waals surface area contributed by atoms with E-state index in [-0.39, 0.29) is 24.6 Å². The van der Waals surface area contributed by atoms with E-state index in [4.69, 9.17) is 9.79 Å². The summed E-state index contributed by atoms with van der Waals surface area (Å²) >= 11 is 0.0954. The van der Waals surface area contributed by atoms with Crippen molar-refractivity contribution in [1.82, 2.24) is 0 Å². The number of rotatable bonds is 7. The van der Waals surface area contributed by atoms with E-state index in [1.54, 1.807) is 13.8 Å². The fraction of sp³-hybridized carbons (Fsp3) is 0.750. The first-order valence-corrected chi connectivity index (χ1v) is 7.96. The highest BCUT2D eigenvalue weighted by atomic mass is 32.7. The third-order valence-electron chi connectivity index (χ3n) is 1.47. The minimum atomic E-state index is -4.47. The van der Waals surface area contributed by atoms with E-state index in [1.807, 2.05) is 0 Å². The van der Waals surface area contributed by atoms with Gasteiger partial charge in [-0.05, 0) is 25.2 Å². The minimum Gasteiger partial charge on any atom is -0.466 e. The summed E-state index contributed by atoms with van der Waals surface area (Å²) in [7, 11) is 0. The standard InChI is InChI=1S/C8H15O7PS/c1-3-14-7(9)5-6(8(10)15-4-2)17-16(11,12)13/h6H,3-5H2,1-2H3,(H2,11,12,13). The van der Waals surface area contributed by atoms with Gasteiger partial charge in [0, 0.05) is 0 Å². The van der Waals surface area contributed by atoms with Crippen LogP contribution in [-0.4, -0.2) is 40.2 Å². The van der Waals surface area contributed by atoms with Crippen LogP contribution in [0.1, 0.15) is 20.3 Å². The van der Waals surface area contributed by atoms with Gasteiger partial charge in [0.25, 0.3) is 0 Å². The van der Waals surface area contributed by atoms with Crippen LogP contribution in [0.3, 0.4) is 0 Å². The monoisotopic (exact) mass is 286 g/mol. The van der Waals surface area contributed by atoms with Crippen molar-refractivity contribution in [3.05, 3.63) is 0 Å². The number of hydrogen-bond acceptors (Lipinski definition) is 6. The molecule has 0 bridgehead atoms. The Balaban J connectivity index is 4.56. The molecule has 9 heteroatoms. The van der Waals surface area contributed by atoms with Crippen molar-refractivity contribution in [2.24, 2.45) is 0 Å². The maximum atomic E-state index is 11.4. The molecule has 0 aliphatic rings. The molecule has 0 saturated carbocycles. The highest BCUT2D eigenvalue weighted by Gasteiger charge is 2.32. The molecule has 7 nitrogen and oxygen atoms in total. The van der Waals surface area contributed by atoms with E-state index < -0.39 is 30.4 Å². The largest absolute Gasteiger partial charge is 0.466 e. The Morgan fingerprint density at radius 2 is 1.76 bits per heavy atom. The van der Waals surface area contributed by atoms with Gasteiger partial charge in [-0.25, -0.2) is 4.57 Å². The van der Waals surface area contributed by atoms with Gasteiger partial charge in [0.2, 0.25) is 0 Å². The zero-order valence-corrected chi connectivity index (χ0v) is 11.2. The lowest BCUT2D eigenvalue weighted by Crippen LogP contribution is -2.24. The second kappa shape index (κ2) is 7.71. The normalized spacial score (nSPS) is 12.9. The van der Waals surface area contributed by atoms with E-state index in [0.29, 0.717) is 0 Å². The van der Waals surface area contributed by atoms with E-state index in [9.17, 15) is 14.2 Å². The average Bonchev–Trinajstić information content (AvgIpc) is 2.15.